The molecule has 3 radical (unpaired) electrons. The van der Waals surface area contributed by atoms with Crippen LogP contribution < -0.4 is 0 Å². The summed E-state index contributed by atoms with van der Waals surface area (Å²) in [5.74, 6) is 0.838. The van der Waals surface area contributed by atoms with E-state index in [2.05, 4.69) is 20.8 Å². The van der Waals surface area contributed by atoms with Gasteiger partial charge in [0.1, 0.15) is 0 Å². The van der Waals surface area contributed by atoms with E-state index in [4.69, 9.17) is 11.8 Å². The molecule has 0 heterocycles. The van der Waals surface area contributed by atoms with E-state index >= 15 is 0 Å². The van der Waals surface area contributed by atoms with Gasteiger partial charge in [0.2, 0.25) is 0 Å². The minimum absolute atomic E-state index is 0. The van der Waals surface area contributed by atoms with E-state index in [1.165, 1.54) is 12.8 Å². The Balaban J connectivity index is -0.0000000191. The summed E-state index contributed by atoms with van der Waals surface area (Å²) in [5.41, 5.74) is 0. The van der Waals surface area contributed by atoms with Gasteiger partial charge in [-0.1, -0.05) is 32.6 Å². The van der Waals surface area contributed by atoms with Crippen molar-refractivity contribution < 1.29 is 17.1 Å². The fraction of sp³-hybridized carbons (Fsp3) is 0.667. The molecule has 0 aliphatic carbocycles. The largest absolute Gasteiger partial charge is 2.00 e. The molecule has 0 fully saturated rings. The Morgan fingerprint density at radius 2 is 1.62 bits per heavy atom. The summed E-state index contributed by atoms with van der Waals surface area (Å²) >= 11 is 0. The van der Waals surface area contributed by atoms with Crippen molar-refractivity contribution in [2.75, 3.05) is 0 Å². The van der Waals surface area contributed by atoms with Gasteiger partial charge in [0, 0.05) is 37.7 Å². The van der Waals surface area contributed by atoms with Crippen LogP contribution in [0.1, 0.15) is 33.1 Å². The van der Waals surface area contributed by atoms with Crippen molar-refractivity contribution in [2.24, 2.45) is 5.92 Å². The molecule has 1 nitrogen and oxygen atoms in total. The van der Waals surface area contributed by atoms with Gasteiger partial charge in [-0.3, -0.25) is 0 Å². The molecule has 0 aromatic rings. The molecule has 13 heavy (non-hydrogen) atoms. The van der Waals surface area contributed by atoms with Crippen LogP contribution >= 0.6 is 0 Å². The second kappa shape index (κ2) is 37.9. The van der Waals surface area contributed by atoms with Crippen molar-refractivity contribution >= 4 is 37.7 Å². The normalized spacial score (nSPS) is 7.77. The molecule has 0 saturated heterocycles. The van der Waals surface area contributed by atoms with Crippen molar-refractivity contribution in [1.82, 2.24) is 0 Å². The van der Waals surface area contributed by atoms with Crippen molar-refractivity contribution in [2.45, 2.75) is 33.1 Å². The fourth-order valence-electron chi connectivity index (χ4n) is 0.637. The van der Waals surface area contributed by atoms with Crippen molar-refractivity contribution in [3.8, 4) is 0 Å². The number of rotatable bonds is 3. The molecule has 4 heteroatoms. The molecule has 0 rings (SSSR count). The van der Waals surface area contributed by atoms with Gasteiger partial charge >= 0.3 is 17.1 Å². The Hall–Kier alpha value is 1.20. The molecule has 0 aromatic carbocycles. The van der Waals surface area contributed by atoms with Crippen molar-refractivity contribution in [3.63, 3.8) is 0 Å². The minimum Gasteiger partial charge on any atom is -0.512 e. The van der Waals surface area contributed by atoms with E-state index in [-0.39, 0.29) is 62.2 Å². The Kier molecular flexibility index (Phi) is 107. The summed E-state index contributed by atoms with van der Waals surface area (Å²) in [6, 6.07) is 0. The fourth-order valence-corrected chi connectivity index (χ4v) is 0.637. The van der Waals surface area contributed by atoms with Crippen LogP contribution in [-0.2, 0) is 17.1 Å². The predicted molar refractivity (Wildman–Crippen MR) is 56.9 cm³/mol. The van der Waals surface area contributed by atoms with Gasteiger partial charge in [-0.25, -0.2) is 0 Å². The maximum Gasteiger partial charge on any atom is 2.00 e. The average Bonchev–Trinajstić information content (AvgIpc) is 1.93. The maximum absolute atomic E-state index is 6.25. The number of nitrogens with zero attached hydrogens (tertiary/aromatic N) is 1. The van der Waals surface area contributed by atoms with Crippen LogP contribution in [0.5, 0.6) is 0 Å². The van der Waals surface area contributed by atoms with E-state index in [0.717, 1.165) is 12.3 Å². The van der Waals surface area contributed by atoms with Crippen LogP contribution in [0, 0.1) is 32.1 Å². The standard InChI is InChI=1S/C7H15.CN.CH3.Cu.2Li/c1-4-6-7(3)5-2;1-2;;;;/h7H,2,4-6H2,1,3H3;;1H3;;;/q3*-1;+2;;/t7-;;;;;/m1...../s1. The second-order valence-corrected chi connectivity index (χ2v) is 2.18. The molecule has 0 aliphatic rings. The summed E-state index contributed by atoms with van der Waals surface area (Å²) in [6.45, 7) is 13.0. The molecule has 0 saturated carbocycles. The van der Waals surface area contributed by atoms with Gasteiger partial charge < -0.3 is 26.2 Å². The molecule has 0 spiro atoms. The monoisotopic (exact) mass is 217 g/mol. The average molecular weight is 218 g/mol. The van der Waals surface area contributed by atoms with Crippen molar-refractivity contribution in [3.05, 3.63) is 20.9 Å². The Bertz CT molecular complexity index is 69.9. The van der Waals surface area contributed by atoms with Crippen LogP contribution in [0.2, 0.25) is 0 Å². The minimum atomic E-state index is 0. The van der Waals surface area contributed by atoms with Gasteiger partial charge in [0.25, 0.3) is 0 Å². The third-order valence-electron chi connectivity index (χ3n) is 1.27. The third-order valence-corrected chi connectivity index (χ3v) is 1.27. The third kappa shape index (κ3) is 43.1. The zero-order chi connectivity index (χ0) is 7.70. The summed E-state index contributed by atoms with van der Waals surface area (Å²) in [7, 11) is 0. The molecule has 0 aliphatic heterocycles. The first kappa shape index (κ1) is 36.8. The van der Waals surface area contributed by atoms with E-state index < -0.39 is 0 Å². The summed E-state index contributed by atoms with van der Waals surface area (Å²) < 4.78 is 0. The van der Waals surface area contributed by atoms with Crippen LogP contribution in [-0.4, -0.2) is 37.7 Å². The first-order valence-electron chi connectivity index (χ1n) is 3.32. The molecular weight excluding hydrogens is 200 g/mol. The SMILES string of the molecule is [C-]#N.[CH2-]C[C@@H](C)CCC.[CH3-].[Cu+2].[Li].[Li]. The van der Waals surface area contributed by atoms with E-state index in [9.17, 15) is 0 Å². The number of hydrogen-bond acceptors (Lipinski definition) is 1. The first-order valence-corrected chi connectivity index (χ1v) is 3.32. The molecular formula is C9H18CuLi2N-. The zero-order valence-corrected chi connectivity index (χ0v) is 10.6. The first-order chi connectivity index (χ1) is 4.31. The Labute approximate surface area is 119 Å². The Morgan fingerprint density at radius 1 is 1.31 bits per heavy atom. The number of hydrogen-bond donors (Lipinski definition) is 0. The second-order valence-electron chi connectivity index (χ2n) is 2.18. The van der Waals surface area contributed by atoms with Gasteiger partial charge in [-0.05, 0) is 0 Å². The van der Waals surface area contributed by atoms with Crippen LogP contribution in [0.4, 0.5) is 0 Å². The van der Waals surface area contributed by atoms with Gasteiger partial charge in [-0.15, -0.1) is 0 Å². The smallest absolute Gasteiger partial charge is 0.512 e. The van der Waals surface area contributed by atoms with Crippen LogP contribution in [0.25, 0.3) is 0 Å². The Morgan fingerprint density at radius 3 is 1.69 bits per heavy atom. The van der Waals surface area contributed by atoms with Gasteiger partial charge in [-0.2, -0.15) is 6.42 Å². The molecule has 1 atom stereocenters. The summed E-state index contributed by atoms with van der Waals surface area (Å²) in [6.07, 6.45) is 3.73. The van der Waals surface area contributed by atoms with Crippen LogP contribution in [0.3, 0.4) is 0 Å². The van der Waals surface area contributed by atoms with Gasteiger partial charge in [0.15, 0.2) is 0 Å². The van der Waals surface area contributed by atoms with Gasteiger partial charge in [0.05, 0.1) is 0 Å². The summed E-state index contributed by atoms with van der Waals surface area (Å²) in [4.78, 5) is 0. The predicted octanol–water partition coefficient (Wildman–Crippen LogP) is 2.43. The molecule has 0 aromatic heterocycles. The van der Waals surface area contributed by atoms with E-state index in [0.29, 0.717) is 0 Å². The quantitative estimate of drug-likeness (QED) is 0.526. The van der Waals surface area contributed by atoms with Crippen molar-refractivity contribution in [1.29, 1.82) is 5.26 Å². The molecule has 0 N–H and O–H groups in total. The maximum atomic E-state index is 6.25. The van der Waals surface area contributed by atoms with Crippen LogP contribution in [0.15, 0.2) is 0 Å². The molecule has 0 unspecified atom stereocenters. The zero-order valence-electron chi connectivity index (χ0n) is 9.65. The topological polar surface area (TPSA) is 23.8 Å². The molecule has 73 valence electrons. The molecule has 0 bridgehead atoms. The molecule has 0 amide bonds. The summed E-state index contributed by atoms with van der Waals surface area (Å²) in [5, 5.41) is 6.25. The van der Waals surface area contributed by atoms with E-state index in [1.807, 2.05) is 0 Å². The van der Waals surface area contributed by atoms with E-state index in [1.54, 1.807) is 0 Å².